The Morgan fingerprint density at radius 2 is 1.93 bits per heavy atom. The van der Waals surface area contributed by atoms with Gasteiger partial charge in [-0.2, -0.15) is 0 Å². The Bertz CT molecular complexity index is 711. The Morgan fingerprint density at radius 3 is 2.52 bits per heavy atom. The molecule has 0 spiro atoms. The lowest BCUT2D eigenvalue weighted by molar-refractivity contribution is -0.384. The summed E-state index contributed by atoms with van der Waals surface area (Å²) in [4.78, 5) is 13.7. The molecule has 1 aliphatic heterocycles. The summed E-state index contributed by atoms with van der Waals surface area (Å²) < 4.78 is 5.95. The molecule has 2 aliphatic rings. The van der Waals surface area contributed by atoms with Gasteiger partial charge < -0.3 is 10.1 Å². The minimum atomic E-state index is -0.358. The minimum Gasteiger partial charge on any atom is -0.378 e. The first-order valence-corrected chi connectivity index (χ1v) is 11.3. The maximum absolute atomic E-state index is 11.4. The molecule has 0 amide bonds. The van der Waals surface area contributed by atoms with Crippen molar-refractivity contribution in [2.75, 3.05) is 25.0 Å². The van der Waals surface area contributed by atoms with Gasteiger partial charge in [0.15, 0.2) is 0 Å². The Kier molecular flexibility index (Phi) is 7.41. The van der Waals surface area contributed by atoms with E-state index in [1.807, 2.05) is 6.92 Å². The van der Waals surface area contributed by atoms with E-state index in [2.05, 4.69) is 24.1 Å². The van der Waals surface area contributed by atoms with Crippen LogP contribution in [0.25, 0.3) is 0 Å². The van der Waals surface area contributed by atoms with E-state index in [-0.39, 0.29) is 22.2 Å². The third-order valence-electron chi connectivity index (χ3n) is 6.66. The Balaban J connectivity index is 1.55. The Labute approximate surface area is 179 Å². The first kappa shape index (κ1) is 22.3. The summed E-state index contributed by atoms with van der Waals surface area (Å²) in [6, 6.07) is 3.50. The van der Waals surface area contributed by atoms with Crippen molar-refractivity contribution in [2.45, 2.75) is 83.4 Å². The number of anilines is 1. The molecular formula is C22H34ClN3O3. The number of piperidine rings is 1. The van der Waals surface area contributed by atoms with Crippen LogP contribution in [0.4, 0.5) is 11.4 Å². The van der Waals surface area contributed by atoms with E-state index >= 15 is 0 Å². The number of hydrogen-bond acceptors (Lipinski definition) is 5. The lowest BCUT2D eigenvalue weighted by Crippen LogP contribution is -2.53. The first-order chi connectivity index (χ1) is 13.8. The zero-order chi connectivity index (χ0) is 21.0. The molecule has 0 aromatic heterocycles. The van der Waals surface area contributed by atoms with Crippen LogP contribution in [0.1, 0.15) is 64.4 Å². The zero-order valence-corrected chi connectivity index (χ0v) is 18.6. The number of hydrogen-bond donors (Lipinski definition) is 1. The number of nitrogens with zero attached hydrogens (tertiary/aromatic N) is 2. The maximum atomic E-state index is 11.4. The molecule has 6 nitrogen and oxygen atoms in total. The fourth-order valence-electron chi connectivity index (χ4n) is 4.70. The van der Waals surface area contributed by atoms with Gasteiger partial charge in [-0.05, 0) is 70.4 Å². The molecule has 3 rings (SSSR count). The van der Waals surface area contributed by atoms with Crippen molar-refractivity contribution in [1.82, 2.24) is 4.90 Å². The van der Waals surface area contributed by atoms with E-state index in [0.717, 1.165) is 57.4 Å². The number of halogens is 1. The van der Waals surface area contributed by atoms with E-state index in [1.54, 1.807) is 6.07 Å². The summed E-state index contributed by atoms with van der Waals surface area (Å²) in [5.74, 6) is 0. The number of aryl methyl sites for hydroxylation is 1. The molecule has 29 heavy (non-hydrogen) atoms. The van der Waals surface area contributed by atoms with Crippen molar-refractivity contribution in [3.8, 4) is 0 Å². The molecule has 1 saturated carbocycles. The minimum absolute atomic E-state index is 0.0559. The van der Waals surface area contributed by atoms with Crippen LogP contribution in [-0.2, 0) is 4.74 Å². The van der Waals surface area contributed by atoms with Gasteiger partial charge in [0.2, 0.25) is 0 Å². The van der Waals surface area contributed by atoms with Crippen LogP contribution in [0, 0.1) is 17.0 Å². The van der Waals surface area contributed by atoms with Crippen molar-refractivity contribution in [3.05, 3.63) is 32.8 Å². The van der Waals surface area contributed by atoms with Crippen LogP contribution in [0.15, 0.2) is 12.1 Å². The highest BCUT2D eigenvalue weighted by Crippen LogP contribution is 2.37. The zero-order valence-electron chi connectivity index (χ0n) is 17.9. The van der Waals surface area contributed by atoms with Crippen LogP contribution in [0.2, 0.25) is 5.02 Å². The fourth-order valence-corrected chi connectivity index (χ4v) is 4.86. The quantitative estimate of drug-likeness (QED) is 0.459. The van der Waals surface area contributed by atoms with E-state index in [1.165, 1.54) is 18.9 Å². The van der Waals surface area contributed by atoms with Gasteiger partial charge in [0.1, 0.15) is 5.69 Å². The van der Waals surface area contributed by atoms with Gasteiger partial charge in [-0.1, -0.05) is 18.5 Å². The normalized spacial score (nSPS) is 26.4. The average molecular weight is 424 g/mol. The summed E-state index contributed by atoms with van der Waals surface area (Å²) in [5.41, 5.74) is 1.74. The molecule has 0 radical (unpaired) electrons. The third kappa shape index (κ3) is 5.41. The molecule has 1 N–H and O–H groups in total. The van der Waals surface area contributed by atoms with E-state index in [0.29, 0.717) is 16.8 Å². The van der Waals surface area contributed by atoms with Crippen molar-refractivity contribution >= 4 is 23.0 Å². The second kappa shape index (κ2) is 9.63. The number of rotatable bonds is 7. The summed E-state index contributed by atoms with van der Waals surface area (Å²) in [5, 5.41) is 15.3. The van der Waals surface area contributed by atoms with Gasteiger partial charge in [0, 0.05) is 37.3 Å². The van der Waals surface area contributed by atoms with Gasteiger partial charge in [0.25, 0.3) is 5.69 Å². The largest absolute Gasteiger partial charge is 0.378 e. The van der Waals surface area contributed by atoms with Crippen LogP contribution >= 0.6 is 11.6 Å². The molecule has 162 valence electrons. The average Bonchev–Trinajstić information content (AvgIpc) is 2.70. The molecule has 0 atom stereocenters. The standard InChI is InChI=1S/C22H34ClN3O3/c1-4-13-29-18-5-9-22(3,10-6-18)25-11-7-17(8-12-25)24-20-14-16(2)19(23)15-21(20)26(27)28/h14-15,17-18,24H,4-13H2,1-3H3. The molecule has 1 heterocycles. The van der Waals surface area contributed by atoms with Crippen molar-refractivity contribution in [1.29, 1.82) is 0 Å². The van der Waals surface area contributed by atoms with Crippen LogP contribution < -0.4 is 5.32 Å². The summed E-state index contributed by atoms with van der Waals surface area (Å²) in [6.07, 6.45) is 8.14. The van der Waals surface area contributed by atoms with E-state index in [4.69, 9.17) is 16.3 Å². The predicted molar refractivity (Wildman–Crippen MR) is 118 cm³/mol. The fraction of sp³-hybridized carbons (Fsp3) is 0.727. The number of nitrogens with one attached hydrogen (secondary N) is 1. The number of benzene rings is 1. The first-order valence-electron chi connectivity index (χ1n) is 10.9. The second-order valence-corrected chi connectivity index (χ2v) is 9.26. The molecule has 7 heteroatoms. The smallest absolute Gasteiger partial charge is 0.293 e. The van der Waals surface area contributed by atoms with Crippen LogP contribution in [0.3, 0.4) is 0 Å². The maximum Gasteiger partial charge on any atom is 0.293 e. The van der Waals surface area contributed by atoms with Gasteiger partial charge >= 0.3 is 0 Å². The van der Waals surface area contributed by atoms with E-state index < -0.39 is 0 Å². The number of ether oxygens (including phenoxy) is 1. The summed E-state index contributed by atoms with van der Waals surface area (Å²) >= 11 is 6.08. The monoisotopic (exact) mass is 423 g/mol. The SMILES string of the molecule is CCCOC1CCC(C)(N2CCC(Nc3cc(C)c(Cl)cc3[N+](=O)[O-])CC2)CC1. The van der Waals surface area contributed by atoms with Crippen molar-refractivity contribution in [2.24, 2.45) is 0 Å². The molecular weight excluding hydrogens is 390 g/mol. The number of nitro benzene ring substituents is 1. The van der Waals surface area contributed by atoms with Gasteiger partial charge in [0.05, 0.1) is 16.0 Å². The highest BCUT2D eigenvalue weighted by molar-refractivity contribution is 6.31. The lowest BCUT2D eigenvalue weighted by atomic mass is 9.79. The topological polar surface area (TPSA) is 67.6 Å². The molecule has 1 aromatic rings. The number of nitro groups is 1. The molecule has 1 aromatic carbocycles. The predicted octanol–water partition coefficient (Wildman–Crippen LogP) is 5.56. The highest BCUT2D eigenvalue weighted by atomic mass is 35.5. The van der Waals surface area contributed by atoms with Crippen molar-refractivity contribution < 1.29 is 9.66 Å². The second-order valence-electron chi connectivity index (χ2n) is 8.85. The lowest BCUT2D eigenvalue weighted by Gasteiger charge is -2.48. The third-order valence-corrected chi connectivity index (χ3v) is 7.07. The summed E-state index contributed by atoms with van der Waals surface area (Å²) in [7, 11) is 0. The summed E-state index contributed by atoms with van der Waals surface area (Å²) in [6.45, 7) is 9.34. The molecule has 1 aliphatic carbocycles. The van der Waals surface area contributed by atoms with Gasteiger partial charge in [-0.25, -0.2) is 0 Å². The Hall–Kier alpha value is -1.37. The molecule has 0 unspecified atom stereocenters. The van der Waals surface area contributed by atoms with Crippen LogP contribution in [0.5, 0.6) is 0 Å². The van der Waals surface area contributed by atoms with Crippen LogP contribution in [-0.4, -0.2) is 47.2 Å². The molecule has 1 saturated heterocycles. The molecule has 0 bridgehead atoms. The number of likely N-dealkylation sites (tertiary alicyclic amines) is 1. The highest BCUT2D eigenvalue weighted by Gasteiger charge is 2.38. The van der Waals surface area contributed by atoms with Gasteiger partial charge in [-0.15, -0.1) is 0 Å². The van der Waals surface area contributed by atoms with Gasteiger partial charge in [-0.3, -0.25) is 15.0 Å². The van der Waals surface area contributed by atoms with E-state index in [9.17, 15) is 10.1 Å². The molecule has 2 fully saturated rings. The Morgan fingerprint density at radius 1 is 1.28 bits per heavy atom. The van der Waals surface area contributed by atoms with Crippen molar-refractivity contribution in [3.63, 3.8) is 0 Å².